The Hall–Kier alpha value is -3.62. The van der Waals surface area contributed by atoms with Crippen molar-refractivity contribution in [3.8, 4) is 0 Å². The number of non-ortho nitro benzene ring substituents is 1. The number of carbonyl (C=O) groups excluding carboxylic acids is 2. The van der Waals surface area contributed by atoms with Crippen LogP contribution in [0.25, 0.3) is 0 Å². The van der Waals surface area contributed by atoms with Crippen LogP contribution < -0.4 is 0 Å². The van der Waals surface area contributed by atoms with Crippen molar-refractivity contribution >= 4 is 17.6 Å². The van der Waals surface area contributed by atoms with Gasteiger partial charge in [0, 0.05) is 35.7 Å². The molecular formula is C22H20F2N2O5. The molecule has 162 valence electrons. The number of ether oxygens (including phenoxy) is 1. The summed E-state index contributed by atoms with van der Waals surface area (Å²) in [6, 6.07) is 9.26. The minimum atomic E-state index is -1.06. The molecule has 1 unspecified atom stereocenters. The zero-order valence-electron chi connectivity index (χ0n) is 16.9. The molecule has 1 heterocycles. The highest BCUT2D eigenvalue weighted by atomic mass is 19.2. The summed E-state index contributed by atoms with van der Waals surface area (Å²) in [4.78, 5) is 37.2. The van der Waals surface area contributed by atoms with Crippen molar-refractivity contribution in [3.63, 3.8) is 0 Å². The van der Waals surface area contributed by atoms with E-state index in [4.69, 9.17) is 4.74 Å². The first kappa shape index (κ1) is 22.1. The van der Waals surface area contributed by atoms with E-state index in [1.807, 2.05) is 0 Å². The highest BCUT2D eigenvalue weighted by molar-refractivity contribution is 5.95. The van der Waals surface area contributed by atoms with Gasteiger partial charge in [0.25, 0.3) is 5.69 Å². The molecular weight excluding hydrogens is 410 g/mol. The molecule has 31 heavy (non-hydrogen) atoms. The zero-order valence-corrected chi connectivity index (χ0v) is 16.9. The van der Waals surface area contributed by atoms with Gasteiger partial charge in [-0.1, -0.05) is 24.3 Å². The number of halogens is 2. The molecule has 2 aromatic rings. The maximum absolute atomic E-state index is 14.2. The van der Waals surface area contributed by atoms with Crippen LogP contribution >= 0.6 is 0 Å². The molecule has 0 radical (unpaired) electrons. The van der Waals surface area contributed by atoms with E-state index in [2.05, 4.69) is 0 Å². The van der Waals surface area contributed by atoms with Crippen molar-refractivity contribution in [2.24, 2.45) is 0 Å². The SMILES string of the molecule is CCOC(=O)C1=C(C)N(Cc2cccc(F)c2F)C(=O)CC1c1ccc([N+](=O)[O-])cc1. The summed E-state index contributed by atoms with van der Waals surface area (Å²) in [5.41, 5.74) is 0.865. The summed E-state index contributed by atoms with van der Waals surface area (Å²) in [5.74, 6) is -3.80. The van der Waals surface area contributed by atoms with Gasteiger partial charge in [0.1, 0.15) is 0 Å². The smallest absolute Gasteiger partial charge is 0.336 e. The molecule has 1 amide bonds. The Bertz CT molecular complexity index is 1070. The molecule has 7 nitrogen and oxygen atoms in total. The van der Waals surface area contributed by atoms with Gasteiger partial charge in [0.2, 0.25) is 5.91 Å². The van der Waals surface area contributed by atoms with Crippen LogP contribution in [0, 0.1) is 21.7 Å². The third-order valence-corrected chi connectivity index (χ3v) is 5.18. The Labute approximate surface area is 177 Å². The summed E-state index contributed by atoms with van der Waals surface area (Å²) in [7, 11) is 0. The lowest BCUT2D eigenvalue weighted by atomic mass is 9.83. The summed E-state index contributed by atoms with van der Waals surface area (Å²) in [5, 5.41) is 10.9. The van der Waals surface area contributed by atoms with E-state index in [-0.39, 0.29) is 42.1 Å². The molecule has 0 fully saturated rings. The Balaban J connectivity index is 2.04. The molecule has 0 spiro atoms. The van der Waals surface area contributed by atoms with Crippen LogP contribution in [0.3, 0.4) is 0 Å². The fraction of sp³-hybridized carbons (Fsp3) is 0.273. The summed E-state index contributed by atoms with van der Waals surface area (Å²) >= 11 is 0. The van der Waals surface area contributed by atoms with Crippen molar-refractivity contribution in [1.29, 1.82) is 0 Å². The van der Waals surface area contributed by atoms with Crippen LogP contribution in [0.1, 0.15) is 37.3 Å². The zero-order chi connectivity index (χ0) is 22.7. The number of nitrogens with zero attached hydrogens (tertiary/aromatic N) is 2. The number of carbonyl (C=O) groups is 2. The van der Waals surface area contributed by atoms with Gasteiger partial charge in [-0.2, -0.15) is 0 Å². The predicted octanol–water partition coefficient (Wildman–Crippen LogP) is 4.23. The van der Waals surface area contributed by atoms with Gasteiger partial charge in [-0.25, -0.2) is 13.6 Å². The van der Waals surface area contributed by atoms with Crippen molar-refractivity contribution in [1.82, 2.24) is 4.90 Å². The first-order chi connectivity index (χ1) is 14.7. The number of amides is 1. The van der Waals surface area contributed by atoms with Crippen molar-refractivity contribution in [3.05, 3.63) is 86.6 Å². The summed E-state index contributed by atoms with van der Waals surface area (Å²) < 4.78 is 32.9. The molecule has 3 rings (SSSR count). The molecule has 0 N–H and O–H groups in total. The number of nitro benzene ring substituents is 1. The fourth-order valence-corrected chi connectivity index (χ4v) is 3.63. The summed E-state index contributed by atoms with van der Waals surface area (Å²) in [6.45, 7) is 3.04. The Kier molecular flexibility index (Phi) is 6.43. The van der Waals surface area contributed by atoms with Gasteiger partial charge in [0.05, 0.1) is 23.6 Å². The van der Waals surface area contributed by atoms with E-state index in [1.54, 1.807) is 13.8 Å². The number of allylic oxidation sites excluding steroid dienone is 1. The highest BCUT2D eigenvalue weighted by Crippen LogP contribution is 2.38. The second-order valence-electron chi connectivity index (χ2n) is 7.02. The third kappa shape index (κ3) is 4.45. The standard InChI is InChI=1S/C22H20F2N2O5/c1-3-31-22(28)20-13(2)25(12-15-5-4-6-18(23)21(15)24)19(27)11-17(20)14-7-9-16(10-8-14)26(29)30/h4-10,17H,3,11-12H2,1-2H3. The molecule has 0 saturated heterocycles. The van der Waals surface area contributed by atoms with E-state index in [0.717, 1.165) is 6.07 Å². The second kappa shape index (κ2) is 9.03. The number of nitro groups is 1. The van der Waals surface area contributed by atoms with Crippen LogP contribution in [0.4, 0.5) is 14.5 Å². The second-order valence-corrected chi connectivity index (χ2v) is 7.02. The molecule has 0 aliphatic carbocycles. The third-order valence-electron chi connectivity index (χ3n) is 5.18. The fourth-order valence-electron chi connectivity index (χ4n) is 3.63. The van der Waals surface area contributed by atoms with Gasteiger partial charge in [-0.15, -0.1) is 0 Å². The van der Waals surface area contributed by atoms with Gasteiger partial charge < -0.3 is 9.64 Å². The van der Waals surface area contributed by atoms with Gasteiger partial charge in [-0.05, 0) is 25.5 Å². The number of benzene rings is 2. The minimum absolute atomic E-state index is 0.0234. The van der Waals surface area contributed by atoms with Crippen molar-refractivity contribution in [2.45, 2.75) is 32.7 Å². The van der Waals surface area contributed by atoms with E-state index >= 15 is 0 Å². The molecule has 1 atom stereocenters. The van der Waals surface area contributed by atoms with Crippen molar-refractivity contribution in [2.75, 3.05) is 6.61 Å². The molecule has 2 aromatic carbocycles. The first-order valence-corrected chi connectivity index (χ1v) is 9.60. The lowest BCUT2D eigenvalue weighted by molar-refractivity contribution is -0.384. The van der Waals surface area contributed by atoms with E-state index in [1.165, 1.54) is 41.3 Å². The average Bonchev–Trinajstić information content (AvgIpc) is 2.73. The lowest BCUT2D eigenvalue weighted by Crippen LogP contribution is -2.38. The number of hydrogen-bond acceptors (Lipinski definition) is 5. The minimum Gasteiger partial charge on any atom is -0.463 e. The van der Waals surface area contributed by atoms with Crippen molar-refractivity contribution < 1.29 is 28.0 Å². The quantitative estimate of drug-likeness (QED) is 0.389. The number of esters is 1. The Morgan fingerprint density at radius 2 is 1.90 bits per heavy atom. The molecule has 9 heteroatoms. The Morgan fingerprint density at radius 1 is 1.23 bits per heavy atom. The van der Waals surface area contributed by atoms with Gasteiger partial charge >= 0.3 is 5.97 Å². The van der Waals surface area contributed by atoms with Crippen LogP contribution in [-0.4, -0.2) is 28.3 Å². The molecule has 1 aliphatic rings. The number of rotatable bonds is 6. The Morgan fingerprint density at radius 3 is 2.52 bits per heavy atom. The van der Waals surface area contributed by atoms with Crippen LogP contribution in [0.5, 0.6) is 0 Å². The van der Waals surface area contributed by atoms with E-state index < -0.39 is 34.4 Å². The number of hydrogen-bond donors (Lipinski definition) is 0. The highest BCUT2D eigenvalue weighted by Gasteiger charge is 2.37. The molecule has 1 aliphatic heterocycles. The first-order valence-electron chi connectivity index (χ1n) is 9.60. The maximum Gasteiger partial charge on any atom is 0.336 e. The lowest BCUT2D eigenvalue weighted by Gasteiger charge is -2.34. The van der Waals surface area contributed by atoms with Crippen LogP contribution in [0.15, 0.2) is 53.7 Å². The van der Waals surface area contributed by atoms with Crippen LogP contribution in [0.2, 0.25) is 0 Å². The van der Waals surface area contributed by atoms with Crippen LogP contribution in [-0.2, 0) is 20.9 Å². The predicted molar refractivity (Wildman–Crippen MR) is 107 cm³/mol. The summed E-state index contributed by atoms with van der Waals surface area (Å²) in [6.07, 6.45) is -0.125. The average molecular weight is 430 g/mol. The molecule has 0 aromatic heterocycles. The van der Waals surface area contributed by atoms with E-state index in [9.17, 15) is 28.5 Å². The monoisotopic (exact) mass is 430 g/mol. The van der Waals surface area contributed by atoms with Gasteiger partial charge in [0.15, 0.2) is 11.6 Å². The maximum atomic E-state index is 14.2. The topological polar surface area (TPSA) is 89.8 Å². The van der Waals surface area contributed by atoms with Gasteiger partial charge in [-0.3, -0.25) is 14.9 Å². The molecule has 0 saturated carbocycles. The molecule has 0 bridgehead atoms. The normalized spacial score (nSPS) is 16.5. The van der Waals surface area contributed by atoms with E-state index in [0.29, 0.717) is 5.56 Å². The largest absolute Gasteiger partial charge is 0.463 e.